The van der Waals surface area contributed by atoms with E-state index in [1.54, 1.807) is 11.3 Å². The lowest BCUT2D eigenvalue weighted by molar-refractivity contribution is 0.684. The fourth-order valence-electron chi connectivity index (χ4n) is 1.52. The number of aromatic nitrogens is 1. The Morgan fingerprint density at radius 2 is 2.31 bits per heavy atom. The van der Waals surface area contributed by atoms with Crippen LogP contribution in [-0.4, -0.2) is 11.5 Å². The number of nitrogen functional groups attached to an aromatic ring is 1. The summed E-state index contributed by atoms with van der Waals surface area (Å²) in [5.41, 5.74) is 7.81. The third-order valence-electron chi connectivity index (χ3n) is 2.30. The summed E-state index contributed by atoms with van der Waals surface area (Å²) in [4.78, 5) is 4.21. The topological polar surface area (TPSA) is 50.9 Å². The summed E-state index contributed by atoms with van der Waals surface area (Å²) in [7, 11) is 0. The lowest BCUT2D eigenvalue weighted by Gasteiger charge is -2.03. The van der Waals surface area contributed by atoms with E-state index in [-0.39, 0.29) is 0 Å². The van der Waals surface area contributed by atoms with Crippen LogP contribution in [0.2, 0.25) is 0 Å². The van der Waals surface area contributed by atoms with Gasteiger partial charge in [0.1, 0.15) is 5.01 Å². The Labute approximate surface area is 99.3 Å². The van der Waals surface area contributed by atoms with E-state index in [1.165, 1.54) is 5.56 Å². The van der Waals surface area contributed by atoms with Crippen molar-refractivity contribution in [3.8, 4) is 0 Å². The second kappa shape index (κ2) is 5.63. The quantitative estimate of drug-likeness (QED) is 0.614. The summed E-state index contributed by atoms with van der Waals surface area (Å²) in [5.74, 6) is 0. The van der Waals surface area contributed by atoms with Crippen LogP contribution < -0.4 is 11.1 Å². The molecule has 0 spiro atoms. The summed E-state index contributed by atoms with van der Waals surface area (Å²) in [6.45, 7) is 1.79. The van der Waals surface area contributed by atoms with Crippen LogP contribution in [0.5, 0.6) is 0 Å². The fourth-order valence-corrected chi connectivity index (χ4v) is 2.10. The van der Waals surface area contributed by atoms with Crippen molar-refractivity contribution < 1.29 is 0 Å². The molecule has 0 radical (unpaired) electrons. The fraction of sp³-hybridized carbons (Fsp3) is 0.250. The summed E-state index contributed by atoms with van der Waals surface area (Å²) in [5, 5.41) is 6.49. The Hall–Kier alpha value is -1.39. The number of hydrogen-bond acceptors (Lipinski definition) is 4. The van der Waals surface area contributed by atoms with Gasteiger partial charge in [0.05, 0.1) is 0 Å². The van der Waals surface area contributed by atoms with Crippen molar-refractivity contribution in [2.75, 3.05) is 12.3 Å². The van der Waals surface area contributed by atoms with Crippen LogP contribution in [-0.2, 0) is 13.0 Å². The van der Waals surface area contributed by atoms with Crippen molar-refractivity contribution in [2.24, 2.45) is 0 Å². The van der Waals surface area contributed by atoms with E-state index in [1.807, 2.05) is 29.8 Å². The van der Waals surface area contributed by atoms with Gasteiger partial charge >= 0.3 is 0 Å². The van der Waals surface area contributed by atoms with Crippen LogP contribution in [0.3, 0.4) is 0 Å². The van der Waals surface area contributed by atoms with Crippen molar-refractivity contribution in [1.29, 1.82) is 0 Å². The summed E-state index contributed by atoms with van der Waals surface area (Å²) >= 11 is 1.68. The van der Waals surface area contributed by atoms with Gasteiger partial charge in [0, 0.05) is 23.8 Å². The molecule has 3 N–H and O–H groups in total. The largest absolute Gasteiger partial charge is 0.399 e. The first-order chi connectivity index (χ1) is 7.84. The molecule has 0 saturated heterocycles. The van der Waals surface area contributed by atoms with Gasteiger partial charge in [0.15, 0.2) is 0 Å². The molecular weight excluding hydrogens is 218 g/mol. The summed E-state index contributed by atoms with van der Waals surface area (Å²) in [6, 6.07) is 8.02. The molecule has 4 heteroatoms. The molecule has 0 aliphatic heterocycles. The summed E-state index contributed by atoms with van der Waals surface area (Å²) in [6.07, 6.45) is 2.83. The molecule has 3 nitrogen and oxygen atoms in total. The first-order valence-corrected chi connectivity index (χ1v) is 6.16. The van der Waals surface area contributed by atoms with Gasteiger partial charge in [-0.15, -0.1) is 11.3 Å². The van der Waals surface area contributed by atoms with Gasteiger partial charge in [0.25, 0.3) is 0 Å². The predicted octanol–water partition coefficient (Wildman–Crippen LogP) is 2.06. The number of benzene rings is 1. The maximum atomic E-state index is 5.71. The molecule has 2 aromatic rings. The number of anilines is 1. The third kappa shape index (κ3) is 3.32. The first kappa shape index (κ1) is 11.1. The first-order valence-electron chi connectivity index (χ1n) is 5.28. The average molecular weight is 233 g/mol. The molecule has 1 heterocycles. The second-order valence-corrected chi connectivity index (χ2v) is 4.58. The Balaban J connectivity index is 1.72. The molecule has 0 aliphatic rings. The predicted molar refractivity (Wildman–Crippen MR) is 68.4 cm³/mol. The highest BCUT2D eigenvalue weighted by atomic mass is 32.1. The normalized spacial score (nSPS) is 10.5. The molecule has 2 rings (SSSR count). The number of hydrogen-bond donors (Lipinski definition) is 2. The molecule has 0 bridgehead atoms. The van der Waals surface area contributed by atoms with Crippen LogP contribution in [0, 0.1) is 0 Å². The molecule has 0 fully saturated rings. The minimum Gasteiger partial charge on any atom is -0.399 e. The molecule has 0 saturated carbocycles. The maximum Gasteiger partial charge on any atom is 0.106 e. The Kier molecular flexibility index (Phi) is 3.91. The zero-order valence-corrected chi connectivity index (χ0v) is 9.83. The SMILES string of the molecule is Nc1cccc(CCNCc2nccs2)c1. The van der Waals surface area contributed by atoms with Gasteiger partial charge in [-0.3, -0.25) is 0 Å². The standard InChI is InChI=1S/C12H15N3S/c13-11-3-1-2-10(8-11)4-5-14-9-12-15-6-7-16-12/h1-3,6-8,14H,4-5,9,13H2. The van der Waals surface area contributed by atoms with E-state index in [9.17, 15) is 0 Å². The molecule has 1 aromatic carbocycles. The van der Waals surface area contributed by atoms with Gasteiger partial charge < -0.3 is 11.1 Å². The zero-order chi connectivity index (χ0) is 11.2. The lowest BCUT2D eigenvalue weighted by Crippen LogP contribution is -2.16. The smallest absolute Gasteiger partial charge is 0.106 e. The molecule has 0 amide bonds. The Bertz CT molecular complexity index is 426. The van der Waals surface area contributed by atoms with E-state index in [0.29, 0.717) is 0 Å². The minimum absolute atomic E-state index is 0.831. The van der Waals surface area contributed by atoms with Crippen molar-refractivity contribution in [2.45, 2.75) is 13.0 Å². The number of thiazole rings is 1. The van der Waals surface area contributed by atoms with Crippen LogP contribution in [0.1, 0.15) is 10.6 Å². The van der Waals surface area contributed by atoms with E-state index >= 15 is 0 Å². The average Bonchev–Trinajstić information content (AvgIpc) is 2.77. The zero-order valence-electron chi connectivity index (χ0n) is 9.02. The Morgan fingerprint density at radius 1 is 1.38 bits per heavy atom. The number of rotatable bonds is 5. The van der Waals surface area contributed by atoms with Crippen molar-refractivity contribution in [3.63, 3.8) is 0 Å². The van der Waals surface area contributed by atoms with Crippen LogP contribution >= 0.6 is 11.3 Å². The van der Waals surface area contributed by atoms with Crippen LogP contribution in [0.15, 0.2) is 35.8 Å². The molecule has 1 aromatic heterocycles. The van der Waals surface area contributed by atoms with Crippen molar-refractivity contribution >= 4 is 17.0 Å². The van der Waals surface area contributed by atoms with Crippen LogP contribution in [0.25, 0.3) is 0 Å². The molecule has 0 unspecified atom stereocenters. The summed E-state index contributed by atoms with van der Waals surface area (Å²) < 4.78 is 0. The van der Waals surface area contributed by atoms with Gasteiger partial charge in [-0.05, 0) is 30.7 Å². The van der Waals surface area contributed by atoms with E-state index in [4.69, 9.17) is 5.73 Å². The lowest BCUT2D eigenvalue weighted by atomic mass is 10.1. The van der Waals surface area contributed by atoms with E-state index < -0.39 is 0 Å². The molecule has 16 heavy (non-hydrogen) atoms. The van der Waals surface area contributed by atoms with Crippen molar-refractivity contribution in [1.82, 2.24) is 10.3 Å². The molecule has 0 atom stereocenters. The second-order valence-electron chi connectivity index (χ2n) is 3.60. The molecular formula is C12H15N3S. The monoisotopic (exact) mass is 233 g/mol. The Morgan fingerprint density at radius 3 is 3.06 bits per heavy atom. The van der Waals surface area contributed by atoms with E-state index in [2.05, 4.69) is 16.4 Å². The van der Waals surface area contributed by atoms with Gasteiger partial charge in [-0.25, -0.2) is 4.98 Å². The van der Waals surface area contributed by atoms with Gasteiger partial charge in [-0.2, -0.15) is 0 Å². The van der Waals surface area contributed by atoms with E-state index in [0.717, 1.165) is 30.2 Å². The molecule has 84 valence electrons. The highest BCUT2D eigenvalue weighted by Crippen LogP contribution is 2.07. The third-order valence-corrected chi connectivity index (χ3v) is 3.08. The minimum atomic E-state index is 0.831. The number of nitrogens with zero attached hydrogens (tertiary/aromatic N) is 1. The van der Waals surface area contributed by atoms with Gasteiger partial charge in [-0.1, -0.05) is 12.1 Å². The van der Waals surface area contributed by atoms with Crippen LogP contribution in [0.4, 0.5) is 5.69 Å². The van der Waals surface area contributed by atoms with Gasteiger partial charge in [0.2, 0.25) is 0 Å². The number of nitrogens with one attached hydrogen (secondary N) is 1. The highest BCUT2D eigenvalue weighted by molar-refractivity contribution is 7.09. The molecule has 0 aliphatic carbocycles. The highest BCUT2D eigenvalue weighted by Gasteiger charge is 1.96. The maximum absolute atomic E-state index is 5.71. The van der Waals surface area contributed by atoms with Crippen molar-refractivity contribution in [3.05, 3.63) is 46.4 Å². The number of nitrogens with two attached hydrogens (primary N) is 1.